The van der Waals surface area contributed by atoms with E-state index in [0.717, 1.165) is 17.0 Å². The Morgan fingerprint density at radius 1 is 1.26 bits per heavy atom. The van der Waals surface area contributed by atoms with Gasteiger partial charge in [0.1, 0.15) is 17.6 Å². The number of nitrogens with zero attached hydrogens (tertiary/aromatic N) is 1. The summed E-state index contributed by atoms with van der Waals surface area (Å²) in [6.07, 6.45) is 0.678. The molecule has 0 radical (unpaired) electrons. The Kier molecular flexibility index (Phi) is 8.43. The molecule has 0 aliphatic rings. The molecule has 1 atom stereocenters. The molecule has 1 aromatic carbocycles. The predicted octanol–water partition coefficient (Wildman–Crippen LogP) is 3.82. The number of hydrogen-bond donors (Lipinski definition) is 0. The fourth-order valence-electron chi connectivity index (χ4n) is 2.27. The zero-order valence-electron chi connectivity index (χ0n) is 16.2. The fourth-order valence-corrected chi connectivity index (χ4v) is 2.94. The standard InChI is InChI=1S/C21H25NO4S/c1-15-7-9-18(10-8-15)20-22-19(16(2)26-20)11-13-25-12-5-6-14-27-17(3)21(23)24-4/h7-10,17H,11-14H2,1-4H3/t17-/m0/s1. The molecular weight excluding hydrogens is 362 g/mol. The molecule has 0 aliphatic heterocycles. The van der Waals surface area contributed by atoms with Crippen LogP contribution in [0.15, 0.2) is 28.7 Å². The minimum Gasteiger partial charge on any atom is -0.468 e. The molecule has 2 rings (SSSR count). The molecule has 5 nitrogen and oxygen atoms in total. The van der Waals surface area contributed by atoms with Crippen LogP contribution >= 0.6 is 11.8 Å². The number of benzene rings is 1. The maximum Gasteiger partial charge on any atom is 0.318 e. The van der Waals surface area contributed by atoms with Crippen molar-refractivity contribution in [3.63, 3.8) is 0 Å². The summed E-state index contributed by atoms with van der Waals surface area (Å²) >= 11 is 1.45. The van der Waals surface area contributed by atoms with Gasteiger partial charge in [-0.05, 0) is 32.9 Å². The Hall–Kier alpha value is -2.23. The van der Waals surface area contributed by atoms with Crippen molar-refractivity contribution < 1.29 is 18.7 Å². The first-order valence-electron chi connectivity index (χ1n) is 8.77. The highest BCUT2D eigenvalue weighted by Crippen LogP contribution is 2.22. The molecule has 6 heteroatoms. The lowest BCUT2D eigenvalue weighted by atomic mass is 10.1. The number of rotatable bonds is 8. The average molecular weight is 388 g/mol. The minimum atomic E-state index is -0.231. The van der Waals surface area contributed by atoms with Crippen molar-refractivity contribution >= 4 is 17.7 Å². The molecule has 0 aliphatic carbocycles. The van der Waals surface area contributed by atoms with E-state index in [2.05, 4.69) is 28.5 Å². The molecule has 2 aromatic rings. The molecule has 144 valence electrons. The van der Waals surface area contributed by atoms with Crippen LogP contribution < -0.4 is 0 Å². The van der Waals surface area contributed by atoms with E-state index in [1.165, 1.54) is 24.4 Å². The van der Waals surface area contributed by atoms with Gasteiger partial charge in [-0.1, -0.05) is 29.5 Å². The first kappa shape index (κ1) is 21.1. The van der Waals surface area contributed by atoms with Crippen molar-refractivity contribution in [2.24, 2.45) is 0 Å². The highest BCUT2D eigenvalue weighted by molar-refractivity contribution is 8.00. The number of carbonyl (C=O) groups excluding carboxylic acids is 1. The number of oxazole rings is 1. The van der Waals surface area contributed by atoms with Crippen molar-refractivity contribution in [3.05, 3.63) is 41.3 Å². The lowest BCUT2D eigenvalue weighted by molar-refractivity contribution is -0.139. The Bertz CT molecular complexity index is 802. The second-order valence-corrected chi connectivity index (χ2v) is 7.35. The summed E-state index contributed by atoms with van der Waals surface area (Å²) in [4.78, 5) is 15.8. The summed E-state index contributed by atoms with van der Waals surface area (Å²) in [6.45, 7) is 6.66. The van der Waals surface area contributed by atoms with Gasteiger partial charge in [0.15, 0.2) is 0 Å². The summed E-state index contributed by atoms with van der Waals surface area (Å²) in [6, 6.07) is 8.10. The lowest BCUT2D eigenvalue weighted by Gasteiger charge is -2.05. The van der Waals surface area contributed by atoms with Crippen molar-refractivity contribution in [1.82, 2.24) is 4.98 Å². The van der Waals surface area contributed by atoms with Gasteiger partial charge in [0, 0.05) is 12.0 Å². The molecule has 0 spiro atoms. The second kappa shape index (κ2) is 10.8. The predicted molar refractivity (Wildman–Crippen MR) is 108 cm³/mol. The third kappa shape index (κ3) is 6.78. The number of thioether (sulfide) groups is 1. The maximum atomic E-state index is 11.3. The topological polar surface area (TPSA) is 61.6 Å². The molecule has 0 bridgehead atoms. The normalized spacial score (nSPS) is 11.6. The van der Waals surface area contributed by atoms with E-state index in [1.807, 2.05) is 31.2 Å². The Morgan fingerprint density at radius 2 is 2.00 bits per heavy atom. The van der Waals surface area contributed by atoms with Gasteiger partial charge in [-0.15, -0.1) is 11.8 Å². The summed E-state index contributed by atoms with van der Waals surface area (Å²) in [5.41, 5.74) is 3.08. The number of ether oxygens (including phenoxy) is 2. The van der Waals surface area contributed by atoms with E-state index in [-0.39, 0.29) is 11.2 Å². The summed E-state index contributed by atoms with van der Waals surface area (Å²) in [5, 5.41) is -0.205. The van der Waals surface area contributed by atoms with Gasteiger partial charge in [-0.2, -0.15) is 0 Å². The third-order valence-electron chi connectivity index (χ3n) is 3.91. The van der Waals surface area contributed by atoms with Gasteiger partial charge in [-0.25, -0.2) is 4.98 Å². The molecule has 27 heavy (non-hydrogen) atoms. The zero-order valence-corrected chi connectivity index (χ0v) is 17.0. The van der Waals surface area contributed by atoms with E-state index in [4.69, 9.17) is 9.15 Å². The van der Waals surface area contributed by atoms with E-state index >= 15 is 0 Å². The molecule has 0 saturated heterocycles. The van der Waals surface area contributed by atoms with Crippen LogP contribution in [0.1, 0.15) is 23.9 Å². The second-order valence-electron chi connectivity index (χ2n) is 6.02. The largest absolute Gasteiger partial charge is 0.468 e. The quantitative estimate of drug-likeness (QED) is 0.390. The highest BCUT2D eigenvalue weighted by atomic mass is 32.2. The van der Waals surface area contributed by atoms with Crippen LogP contribution in [-0.2, 0) is 20.7 Å². The first-order chi connectivity index (χ1) is 13.0. The Balaban J connectivity index is 1.71. The molecule has 0 N–H and O–H groups in total. The van der Waals surface area contributed by atoms with Gasteiger partial charge in [0.05, 0.1) is 25.2 Å². The molecule has 1 heterocycles. The van der Waals surface area contributed by atoms with Crippen LogP contribution in [0.5, 0.6) is 0 Å². The molecule has 1 aromatic heterocycles. The van der Waals surface area contributed by atoms with E-state index < -0.39 is 0 Å². The van der Waals surface area contributed by atoms with Crippen LogP contribution in [0.25, 0.3) is 11.5 Å². The van der Waals surface area contributed by atoms with Gasteiger partial charge in [-0.3, -0.25) is 4.79 Å². The SMILES string of the molecule is COC(=O)[C@H](C)SCC#CCOCCc1nc(-c2ccc(C)cc2)oc1C. The zero-order chi connectivity index (χ0) is 19.6. The third-order valence-corrected chi connectivity index (χ3v) is 4.92. The van der Waals surface area contributed by atoms with Gasteiger partial charge < -0.3 is 13.9 Å². The van der Waals surface area contributed by atoms with Crippen molar-refractivity contribution in [3.8, 4) is 23.3 Å². The summed E-state index contributed by atoms with van der Waals surface area (Å²) in [5.74, 6) is 7.72. The van der Waals surface area contributed by atoms with Gasteiger partial charge in [0.2, 0.25) is 5.89 Å². The number of aryl methyl sites for hydroxylation is 2. The van der Waals surface area contributed by atoms with E-state index in [0.29, 0.717) is 31.3 Å². The number of esters is 1. The van der Waals surface area contributed by atoms with Gasteiger partial charge in [0.25, 0.3) is 0 Å². The number of carbonyl (C=O) groups is 1. The Morgan fingerprint density at radius 3 is 2.70 bits per heavy atom. The molecule has 0 fully saturated rings. The molecular formula is C21H25NO4S. The van der Waals surface area contributed by atoms with Crippen LogP contribution in [0.4, 0.5) is 0 Å². The molecule has 0 saturated carbocycles. The number of methoxy groups -OCH3 is 1. The van der Waals surface area contributed by atoms with Crippen molar-refractivity contribution in [2.75, 3.05) is 26.1 Å². The van der Waals surface area contributed by atoms with E-state index in [9.17, 15) is 4.79 Å². The highest BCUT2D eigenvalue weighted by Gasteiger charge is 2.12. The molecule has 0 amide bonds. The van der Waals surface area contributed by atoms with Gasteiger partial charge >= 0.3 is 5.97 Å². The minimum absolute atomic E-state index is 0.205. The lowest BCUT2D eigenvalue weighted by Crippen LogP contribution is -2.14. The van der Waals surface area contributed by atoms with Crippen molar-refractivity contribution in [2.45, 2.75) is 32.4 Å². The summed E-state index contributed by atoms with van der Waals surface area (Å²) < 4.78 is 16.0. The van der Waals surface area contributed by atoms with Crippen LogP contribution in [0.2, 0.25) is 0 Å². The van der Waals surface area contributed by atoms with Crippen LogP contribution in [0, 0.1) is 25.7 Å². The monoisotopic (exact) mass is 387 g/mol. The van der Waals surface area contributed by atoms with Crippen molar-refractivity contribution in [1.29, 1.82) is 0 Å². The van der Waals surface area contributed by atoms with Crippen LogP contribution in [0.3, 0.4) is 0 Å². The number of hydrogen-bond acceptors (Lipinski definition) is 6. The first-order valence-corrected chi connectivity index (χ1v) is 9.82. The van der Waals surface area contributed by atoms with Crippen LogP contribution in [-0.4, -0.2) is 42.3 Å². The molecule has 0 unspecified atom stereocenters. The average Bonchev–Trinajstić information content (AvgIpc) is 3.04. The number of aromatic nitrogens is 1. The van der Waals surface area contributed by atoms with E-state index in [1.54, 1.807) is 6.92 Å². The smallest absolute Gasteiger partial charge is 0.318 e. The summed E-state index contributed by atoms with van der Waals surface area (Å²) in [7, 11) is 1.39. The Labute approximate surface area is 164 Å². The maximum absolute atomic E-state index is 11.3. The fraction of sp³-hybridized carbons (Fsp3) is 0.429.